The maximum Gasteiger partial charge on any atom is 0.227 e. The second-order valence-electron chi connectivity index (χ2n) is 10.2. The number of rotatable bonds is 4. The van der Waals surface area contributed by atoms with E-state index >= 15 is 0 Å². The molecular weight excluding hydrogens is 428 g/mol. The van der Waals surface area contributed by atoms with Gasteiger partial charge in [0.2, 0.25) is 11.1 Å². The third-order valence-corrected chi connectivity index (χ3v) is 7.45. The molecule has 0 amide bonds. The van der Waals surface area contributed by atoms with Gasteiger partial charge >= 0.3 is 0 Å². The van der Waals surface area contributed by atoms with Gasteiger partial charge < -0.3 is 5.32 Å². The summed E-state index contributed by atoms with van der Waals surface area (Å²) < 4.78 is 1.91. The lowest BCUT2D eigenvalue weighted by atomic mass is 9.73. The van der Waals surface area contributed by atoms with Crippen LogP contribution in [0.5, 0.6) is 0 Å². The molecule has 0 fully saturated rings. The van der Waals surface area contributed by atoms with Crippen LogP contribution < -0.4 is 5.32 Å². The van der Waals surface area contributed by atoms with Crippen molar-refractivity contribution in [2.45, 2.75) is 64.4 Å². The number of hydrogen-bond acceptors (Lipinski definition) is 5. The molecule has 170 valence electrons. The maximum absolute atomic E-state index is 13.3. The van der Waals surface area contributed by atoms with Gasteiger partial charge in [-0.2, -0.15) is 4.98 Å². The number of thioether (sulfide) groups is 1. The molecule has 1 aliphatic carbocycles. The Morgan fingerprint density at radius 2 is 1.79 bits per heavy atom. The van der Waals surface area contributed by atoms with Gasteiger partial charge in [-0.1, -0.05) is 79.2 Å². The van der Waals surface area contributed by atoms with Crippen molar-refractivity contribution in [2.24, 2.45) is 5.41 Å². The van der Waals surface area contributed by atoms with Crippen molar-refractivity contribution in [3.8, 4) is 0 Å². The third kappa shape index (κ3) is 4.24. The molecule has 0 radical (unpaired) electrons. The monoisotopic (exact) mass is 458 g/mol. The van der Waals surface area contributed by atoms with E-state index in [2.05, 4.69) is 82.4 Å². The lowest BCUT2D eigenvalue weighted by Gasteiger charge is -2.38. The van der Waals surface area contributed by atoms with Crippen molar-refractivity contribution < 1.29 is 4.79 Å². The second kappa shape index (κ2) is 8.17. The Bertz CT molecular complexity index is 1270. The van der Waals surface area contributed by atoms with E-state index in [4.69, 9.17) is 10.1 Å². The predicted molar refractivity (Wildman–Crippen MR) is 133 cm³/mol. The van der Waals surface area contributed by atoms with Crippen molar-refractivity contribution >= 4 is 23.5 Å². The number of anilines is 1. The second-order valence-corrected chi connectivity index (χ2v) is 11.1. The molecule has 0 spiro atoms. The molecule has 1 atom stereocenters. The number of aromatic nitrogens is 3. The minimum atomic E-state index is -0.247. The zero-order chi connectivity index (χ0) is 23.3. The molecule has 0 bridgehead atoms. The molecule has 33 heavy (non-hydrogen) atoms. The van der Waals surface area contributed by atoms with Gasteiger partial charge in [-0.05, 0) is 49.3 Å². The minimum absolute atomic E-state index is 0.0660. The molecule has 3 aromatic rings. The van der Waals surface area contributed by atoms with E-state index in [1.165, 1.54) is 22.3 Å². The first-order chi connectivity index (χ1) is 15.7. The number of benzene rings is 2. The standard InChI is InChI=1S/C27H30N4OS/c1-16-6-9-19(10-7-16)24-23-21(13-27(4,5)14-22(23)32)28-25-29-26(30-31(24)25)33-15-20-11-8-17(2)12-18(20)3/h6-12,24H,13-15H2,1-5H3,(H,28,29,30)/t24-/m0/s1. The van der Waals surface area contributed by atoms with E-state index in [9.17, 15) is 4.79 Å². The number of allylic oxidation sites excluding steroid dienone is 2. The molecule has 2 heterocycles. The van der Waals surface area contributed by atoms with Crippen molar-refractivity contribution in [3.63, 3.8) is 0 Å². The molecule has 0 saturated heterocycles. The first-order valence-electron chi connectivity index (χ1n) is 11.5. The Morgan fingerprint density at radius 3 is 2.52 bits per heavy atom. The van der Waals surface area contributed by atoms with Crippen LogP contribution in [0.25, 0.3) is 0 Å². The summed E-state index contributed by atoms with van der Waals surface area (Å²) >= 11 is 1.63. The van der Waals surface area contributed by atoms with Gasteiger partial charge in [0.25, 0.3) is 0 Å². The maximum atomic E-state index is 13.3. The fourth-order valence-electron chi connectivity index (χ4n) is 4.86. The van der Waals surface area contributed by atoms with Crippen molar-refractivity contribution in [1.82, 2.24) is 14.8 Å². The number of nitrogens with zero attached hydrogens (tertiary/aromatic N) is 3. The lowest BCUT2D eigenvalue weighted by molar-refractivity contribution is -0.118. The van der Waals surface area contributed by atoms with E-state index in [-0.39, 0.29) is 17.2 Å². The number of carbonyl (C=O) groups excluding carboxylic acids is 1. The average molecular weight is 459 g/mol. The molecule has 5 nitrogen and oxygen atoms in total. The fraction of sp³-hybridized carbons (Fsp3) is 0.370. The molecule has 1 aliphatic heterocycles. The summed E-state index contributed by atoms with van der Waals surface area (Å²) in [7, 11) is 0. The molecule has 5 rings (SSSR count). The van der Waals surface area contributed by atoms with Crippen LogP contribution in [0.1, 0.15) is 60.5 Å². The number of ketones is 1. The number of fused-ring (bicyclic) bond motifs is 1. The van der Waals surface area contributed by atoms with Crippen LogP contribution >= 0.6 is 11.8 Å². The highest BCUT2D eigenvalue weighted by Crippen LogP contribution is 2.45. The smallest absolute Gasteiger partial charge is 0.227 e. The molecular formula is C27H30N4OS. The molecule has 6 heteroatoms. The Hall–Kier alpha value is -2.86. The van der Waals surface area contributed by atoms with Crippen LogP contribution in [0.2, 0.25) is 0 Å². The molecule has 2 aliphatic rings. The SMILES string of the molecule is Cc1ccc([C@H]2C3=C(CC(C)(C)CC3=O)Nc3nc(SCc4ccc(C)cc4C)nn32)cc1. The lowest BCUT2D eigenvalue weighted by Crippen LogP contribution is -2.36. The summed E-state index contributed by atoms with van der Waals surface area (Å²) in [5, 5.41) is 9.07. The van der Waals surface area contributed by atoms with Gasteiger partial charge in [0, 0.05) is 23.4 Å². The van der Waals surface area contributed by atoms with Crippen LogP contribution in [0.4, 0.5) is 5.95 Å². The number of Topliss-reactive ketones (excluding diaryl/α,β-unsaturated/α-hetero) is 1. The molecule has 1 N–H and O–H groups in total. The van der Waals surface area contributed by atoms with Crippen LogP contribution in [0, 0.1) is 26.2 Å². The van der Waals surface area contributed by atoms with Crippen LogP contribution in [-0.4, -0.2) is 20.5 Å². The molecule has 0 saturated carbocycles. The summed E-state index contributed by atoms with van der Waals surface area (Å²) in [6.07, 6.45) is 1.38. The van der Waals surface area contributed by atoms with Gasteiger partial charge in [-0.3, -0.25) is 4.79 Å². The number of hydrogen-bond donors (Lipinski definition) is 1. The van der Waals surface area contributed by atoms with E-state index < -0.39 is 0 Å². The van der Waals surface area contributed by atoms with Gasteiger partial charge in [-0.25, -0.2) is 4.68 Å². The normalized spacial score (nSPS) is 19.2. The molecule has 2 aromatic carbocycles. The van der Waals surface area contributed by atoms with Gasteiger partial charge in [-0.15, -0.1) is 5.10 Å². The summed E-state index contributed by atoms with van der Waals surface area (Å²) in [6, 6.07) is 14.7. The van der Waals surface area contributed by atoms with E-state index in [1.54, 1.807) is 11.8 Å². The Labute approximate surface area is 199 Å². The number of aryl methyl sites for hydroxylation is 3. The Morgan fingerprint density at radius 1 is 1.06 bits per heavy atom. The number of nitrogens with one attached hydrogen (secondary N) is 1. The predicted octanol–water partition coefficient (Wildman–Crippen LogP) is 6.15. The summed E-state index contributed by atoms with van der Waals surface area (Å²) in [4.78, 5) is 18.2. The summed E-state index contributed by atoms with van der Waals surface area (Å²) in [5.74, 6) is 1.72. The first-order valence-corrected chi connectivity index (χ1v) is 12.4. The highest BCUT2D eigenvalue weighted by molar-refractivity contribution is 7.98. The van der Waals surface area contributed by atoms with Gasteiger partial charge in [0.1, 0.15) is 6.04 Å². The number of carbonyl (C=O) groups is 1. The zero-order valence-electron chi connectivity index (χ0n) is 19.9. The fourth-order valence-corrected chi connectivity index (χ4v) is 5.76. The van der Waals surface area contributed by atoms with Crippen molar-refractivity contribution in [3.05, 3.63) is 81.6 Å². The zero-order valence-corrected chi connectivity index (χ0v) is 20.7. The average Bonchev–Trinajstić information content (AvgIpc) is 3.14. The Balaban J connectivity index is 1.51. The van der Waals surface area contributed by atoms with E-state index in [0.717, 1.165) is 34.2 Å². The molecule has 1 aromatic heterocycles. The summed E-state index contributed by atoms with van der Waals surface area (Å²) in [6.45, 7) is 10.6. The van der Waals surface area contributed by atoms with Crippen LogP contribution in [0.3, 0.4) is 0 Å². The summed E-state index contributed by atoms with van der Waals surface area (Å²) in [5.41, 5.74) is 7.87. The largest absolute Gasteiger partial charge is 0.328 e. The highest BCUT2D eigenvalue weighted by Gasteiger charge is 2.41. The van der Waals surface area contributed by atoms with Crippen LogP contribution in [0.15, 0.2) is 58.9 Å². The minimum Gasteiger partial charge on any atom is -0.328 e. The third-order valence-electron chi connectivity index (χ3n) is 6.56. The van der Waals surface area contributed by atoms with Crippen LogP contribution in [-0.2, 0) is 10.5 Å². The van der Waals surface area contributed by atoms with E-state index in [0.29, 0.717) is 12.4 Å². The molecule has 0 unspecified atom stereocenters. The van der Waals surface area contributed by atoms with Gasteiger partial charge in [0.15, 0.2) is 5.78 Å². The Kier molecular flexibility index (Phi) is 5.44. The first kappa shape index (κ1) is 22.0. The highest BCUT2D eigenvalue weighted by atomic mass is 32.2. The van der Waals surface area contributed by atoms with Gasteiger partial charge in [0.05, 0.1) is 0 Å². The van der Waals surface area contributed by atoms with Crippen molar-refractivity contribution in [1.29, 1.82) is 0 Å². The van der Waals surface area contributed by atoms with E-state index in [1.807, 2.05) is 4.68 Å². The quantitative estimate of drug-likeness (QED) is 0.475. The van der Waals surface area contributed by atoms with Crippen molar-refractivity contribution in [2.75, 3.05) is 5.32 Å². The topological polar surface area (TPSA) is 59.8 Å².